The summed E-state index contributed by atoms with van der Waals surface area (Å²) in [5.74, 6) is -0.125. The molecule has 3 heteroatoms. The minimum atomic E-state index is -1.24. The van der Waals surface area contributed by atoms with E-state index in [1.807, 2.05) is 6.08 Å². The van der Waals surface area contributed by atoms with Crippen LogP contribution in [0.15, 0.2) is 12.2 Å². The Morgan fingerprint density at radius 1 is 1.57 bits per heavy atom. The van der Waals surface area contributed by atoms with Crippen LogP contribution in [-0.4, -0.2) is 23.3 Å². The summed E-state index contributed by atoms with van der Waals surface area (Å²) in [5, 5.41) is 10.2. The number of carbonyl (C=O) groups is 1. The molecule has 0 saturated heterocycles. The topological polar surface area (TPSA) is 46.5 Å². The fourth-order valence-electron chi connectivity index (χ4n) is 2.49. The van der Waals surface area contributed by atoms with Gasteiger partial charge < -0.3 is 9.84 Å². The van der Waals surface area contributed by atoms with E-state index in [-0.39, 0.29) is 5.92 Å². The van der Waals surface area contributed by atoms with E-state index < -0.39 is 11.6 Å². The first kappa shape index (κ1) is 9.71. The molecule has 3 atom stereocenters. The number of esters is 1. The Labute approximate surface area is 83.8 Å². The first-order valence-corrected chi connectivity index (χ1v) is 5.24. The van der Waals surface area contributed by atoms with Gasteiger partial charge in [0.25, 0.3) is 0 Å². The third-order valence-corrected chi connectivity index (χ3v) is 3.28. The van der Waals surface area contributed by atoms with E-state index in [9.17, 15) is 9.90 Å². The zero-order chi connectivity index (χ0) is 10.2. The fourth-order valence-corrected chi connectivity index (χ4v) is 2.49. The van der Waals surface area contributed by atoms with Crippen LogP contribution in [0.1, 0.15) is 26.2 Å². The average Bonchev–Trinajstić information content (AvgIpc) is 2.19. The lowest BCUT2D eigenvalue weighted by Gasteiger charge is -2.42. The smallest absolute Gasteiger partial charge is 0.338 e. The van der Waals surface area contributed by atoms with Gasteiger partial charge in [-0.1, -0.05) is 12.2 Å². The van der Waals surface area contributed by atoms with Gasteiger partial charge in [-0.25, -0.2) is 4.79 Å². The van der Waals surface area contributed by atoms with Gasteiger partial charge in [-0.2, -0.15) is 0 Å². The van der Waals surface area contributed by atoms with E-state index in [4.69, 9.17) is 4.74 Å². The highest BCUT2D eigenvalue weighted by Gasteiger charge is 2.50. The number of allylic oxidation sites excluding steroid dienone is 1. The maximum Gasteiger partial charge on any atom is 0.338 e. The molecule has 3 rings (SSSR count). The van der Waals surface area contributed by atoms with Crippen molar-refractivity contribution in [2.24, 2.45) is 11.8 Å². The minimum Gasteiger partial charge on any atom is -0.464 e. The quantitative estimate of drug-likeness (QED) is 0.534. The molecular formula is C11H16O3. The number of aliphatic hydroxyl groups is 1. The Morgan fingerprint density at radius 2 is 2.36 bits per heavy atom. The van der Waals surface area contributed by atoms with E-state index in [0.29, 0.717) is 18.9 Å². The number of ether oxygens (including phenoxy) is 1. The van der Waals surface area contributed by atoms with Crippen molar-refractivity contribution in [3.63, 3.8) is 0 Å². The fraction of sp³-hybridized carbons (Fsp3) is 0.727. The van der Waals surface area contributed by atoms with Crippen LogP contribution in [0.3, 0.4) is 0 Å². The molecule has 0 aromatic heterocycles. The van der Waals surface area contributed by atoms with Crippen molar-refractivity contribution in [2.45, 2.75) is 31.8 Å². The van der Waals surface area contributed by atoms with Crippen molar-refractivity contribution in [1.82, 2.24) is 0 Å². The Morgan fingerprint density at radius 3 is 2.79 bits per heavy atom. The van der Waals surface area contributed by atoms with Crippen LogP contribution in [0, 0.1) is 11.8 Å². The molecule has 3 aliphatic carbocycles. The molecule has 0 heterocycles. The number of fused-ring (bicyclic) bond motifs is 2. The van der Waals surface area contributed by atoms with Gasteiger partial charge in [0.1, 0.15) is 0 Å². The molecule has 1 saturated carbocycles. The predicted molar refractivity (Wildman–Crippen MR) is 51.6 cm³/mol. The number of carbonyl (C=O) groups excluding carboxylic acids is 1. The molecule has 1 fully saturated rings. The Bertz CT molecular complexity index is 272. The molecule has 78 valence electrons. The Balaban J connectivity index is 2.17. The SMILES string of the molecule is CCOC(=O)C1(O)CC2C=CC1CC2. The zero-order valence-corrected chi connectivity index (χ0v) is 8.40. The lowest BCUT2D eigenvalue weighted by Crippen LogP contribution is -2.52. The molecule has 1 N–H and O–H groups in total. The highest BCUT2D eigenvalue weighted by atomic mass is 16.5. The van der Waals surface area contributed by atoms with Gasteiger partial charge >= 0.3 is 5.97 Å². The molecule has 0 aromatic rings. The van der Waals surface area contributed by atoms with Crippen LogP contribution in [0.2, 0.25) is 0 Å². The van der Waals surface area contributed by atoms with E-state index in [1.165, 1.54) is 0 Å². The lowest BCUT2D eigenvalue weighted by atomic mass is 9.66. The molecule has 0 spiro atoms. The highest BCUT2D eigenvalue weighted by Crippen LogP contribution is 2.43. The normalized spacial score (nSPS) is 39.9. The summed E-state index contributed by atoms with van der Waals surface area (Å²) in [5.41, 5.74) is -1.24. The van der Waals surface area contributed by atoms with Gasteiger partial charge in [0.2, 0.25) is 0 Å². The standard InChI is InChI=1S/C11H16O3/c1-2-14-10(12)11(13)7-8-3-5-9(11)6-4-8/h3,5,8-9,13H,2,4,6-7H2,1H3. The molecule has 0 aromatic carbocycles. The average molecular weight is 196 g/mol. The van der Waals surface area contributed by atoms with Crippen molar-refractivity contribution in [3.8, 4) is 0 Å². The third kappa shape index (κ3) is 1.36. The van der Waals surface area contributed by atoms with Gasteiger partial charge in [0, 0.05) is 5.92 Å². The molecule has 3 aliphatic rings. The van der Waals surface area contributed by atoms with Crippen molar-refractivity contribution in [2.75, 3.05) is 6.61 Å². The number of hydrogen-bond acceptors (Lipinski definition) is 3. The van der Waals surface area contributed by atoms with Gasteiger partial charge in [-0.15, -0.1) is 0 Å². The lowest BCUT2D eigenvalue weighted by molar-refractivity contribution is -0.175. The summed E-state index contributed by atoms with van der Waals surface area (Å²) >= 11 is 0. The summed E-state index contributed by atoms with van der Waals surface area (Å²) in [7, 11) is 0. The van der Waals surface area contributed by atoms with Crippen molar-refractivity contribution >= 4 is 5.97 Å². The molecule has 0 aliphatic heterocycles. The predicted octanol–water partition coefficient (Wildman–Crippen LogP) is 1.27. The summed E-state index contributed by atoms with van der Waals surface area (Å²) in [6.07, 6.45) is 6.60. The zero-order valence-electron chi connectivity index (χ0n) is 8.40. The van der Waals surface area contributed by atoms with Crippen LogP contribution in [0.5, 0.6) is 0 Å². The Kier molecular flexibility index (Phi) is 2.35. The molecule has 3 nitrogen and oxygen atoms in total. The second-order valence-corrected chi connectivity index (χ2v) is 4.18. The molecule has 14 heavy (non-hydrogen) atoms. The van der Waals surface area contributed by atoms with E-state index in [1.54, 1.807) is 6.92 Å². The number of hydrogen-bond donors (Lipinski definition) is 1. The minimum absolute atomic E-state index is 0.0356. The first-order chi connectivity index (χ1) is 6.66. The van der Waals surface area contributed by atoms with Crippen molar-refractivity contribution < 1.29 is 14.6 Å². The third-order valence-electron chi connectivity index (χ3n) is 3.28. The molecule has 3 unspecified atom stereocenters. The van der Waals surface area contributed by atoms with Crippen LogP contribution < -0.4 is 0 Å². The van der Waals surface area contributed by atoms with Crippen molar-refractivity contribution in [1.29, 1.82) is 0 Å². The molecule has 0 amide bonds. The number of rotatable bonds is 2. The maximum absolute atomic E-state index is 11.6. The van der Waals surface area contributed by atoms with Crippen LogP contribution >= 0.6 is 0 Å². The largest absolute Gasteiger partial charge is 0.464 e. The van der Waals surface area contributed by atoms with Crippen molar-refractivity contribution in [3.05, 3.63) is 12.2 Å². The summed E-state index contributed by atoms with van der Waals surface area (Å²) < 4.78 is 4.91. The van der Waals surface area contributed by atoms with Crippen LogP contribution in [0.25, 0.3) is 0 Å². The molecule has 0 radical (unpaired) electrons. The second-order valence-electron chi connectivity index (χ2n) is 4.18. The van der Waals surface area contributed by atoms with Crippen LogP contribution in [0.4, 0.5) is 0 Å². The summed E-state index contributed by atoms with van der Waals surface area (Å²) in [6.45, 7) is 2.10. The van der Waals surface area contributed by atoms with Gasteiger partial charge in [-0.05, 0) is 32.1 Å². The van der Waals surface area contributed by atoms with E-state index in [2.05, 4.69) is 6.08 Å². The maximum atomic E-state index is 11.6. The molecular weight excluding hydrogens is 180 g/mol. The molecule has 2 bridgehead atoms. The van der Waals surface area contributed by atoms with E-state index in [0.717, 1.165) is 12.8 Å². The second kappa shape index (κ2) is 3.39. The van der Waals surface area contributed by atoms with Gasteiger partial charge in [0.05, 0.1) is 6.61 Å². The van der Waals surface area contributed by atoms with E-state index >= 15 is 0 Å². The summed E-state index contributed by atoms with van der Waals surface area (Å²) in [4.78, 5) is 11.6. The first-order valence-electron chi connectivity index (χ1n) is 5.24. The van der Waals surface area contributed by atoms with Crippen LogP contribution in [-0.2, 0) is 9.53 Å². The van der Waals surface area contributed by atoms with Gasteiger partial charge in [-0.3, -0.25) is 0 Å². The monoisotopic (exact) mass is 196 g/mol. The highest BCUT2D eigenvalue weighted by molar-refractivity contribution is 5.80. The van der Waals surface area contributed by atoms with Gasteiger partial charge in [0.15, 0.2) is 5.60 Å². The Hall–Kier alpha value is -0.830. The summed E-state index contributed by atoms with van der Waals surface area (Å²) in [6, 6.07) is 0.